The Morgan fingerprint density at radius 2 is 1.92 bits per heavy atom. The lowest BCUT2D eigenvalue weighted by Crippen LogP contribution is -2.30. The van der Waals surface area contributed by atoms with E-state index in [-0.39, 0.29) is 18.7 Å². The maximum absolute atomic E-state index is 12.6. The number of hydrogen-bond donors (Lipinski definition) is 1. The van der Waals surface area contributed by atoms with Crippen LogP contribution in [0.2, 0.25) is 0 Å². The molecule has 0 saturated carbocycles. The van der Waals surface area contributed by atoms with Crippen LogP contribution in [0.25, 0.3) is 10.9 Å². The summed E-state index contributed by atoms with van der Waals surface area (Å²) in [5.41, 5.74) is 3.67. The maximum Gasteiger partial charge on any atom is 0.261 e. The summed E-state index contributed by atoms with van der Waals surface area (Å²) in [7, 11) is 0. The third-order valence-electron chi connectivity index (χ3n) is 4.49. The molecule has 0 amide bonds. The van der Waals surface area contributed by atoms with Crippen molar-refractivity contribution in [2.24, 2.45) is 0 Å². The van der Waals surface area contributed by atoms with E-state index in [0.717, 1.165) is 26.9 Å². The van der Waals surface area contributed by atoms with Crippen LogP contribution < -0.4 is 10.3 Å². The van der Waals surface area contributed by atoms with Crippen molar-refractivity contribution in [2.45, 2.75) is 33.4 Å². The number of ether oxygens (including phenoxy) is 1. The highest BCUT2D eigenvalue weighted by Gasteiger charge is 2.13. The number of rotatable bonds is 5. The normalized spacial score (nSPS) is 12.3. The summed E-state index contributed by atoms with van der Waals surface area (Å²) in [5.74, 6) is 0.789. The molecule has 5 nitrogen and oxygen atoms in total. The molecule has 3 rings (SSSR count). The van der Waals surface area contributed by atoms with Crippen molar-refractivity contribution in [3.05, 3.63) is 68.2 Å². The van der Waals surface area contributed by atoms with Gasteiger partial charge in [0, 0.05) is 4.47 Å². The first-order valence-electron chi connectivity index (χ1n) is 8.39. The molecule has 0 aliphatic heterocycles. The average Bonchev–Trinajstić information content (AvgIpc) is 2.61. The van der Waals surface area contributed by atoms with Gasteiger partial charge >= 0.3 is 0 Å². The SMILES string of the molecule is Cc1ccc(C)c(OC[C@@H](O)Cn2cnc3ccc(Br)cc3c2=O)c1C. The Bertz CT molecular complexity index is 1010. The van der Waals surface area contributed by atoms with Crippen LogP contribution in [0.3, 0.4) is 0 Å². The van der Waals surface area contributed by atoms with Crippen molar-refractivity contribution >= 4 is 26.8 Å². The monoisotopic (exact) mass is 416 g/mol. The fraction of sp³-hybridized carbons (Fsp3) is 0.300. The lowest BCUT2D eigenvalue weighted by molar-refractivity contribution is 0.0908. The summed E-state index contributed by atoms with van der Waals surface area (Å²) in [4.78, 5) is 16.9. The molecule has 0 saturated heterocycles. The van der Waals surface area contributed by atoms with Crippen LogP contribution in [0, 0.1) is 20.8 Å². The van der Waals surface area contributed by atoms with E-state index in [1.807, 2.05) is 39.0 Å². The van der Waals surface area contributed by atoms with Crippen molar-refractivity contribution in [3.63, 3.8) is 0 Å². The Morgan fingerprint density at radius 1 is 1.19 bits per heavy atom. The number of aliphatic hydroxyl groups excluding tert-OH is 1. The highest BCUT2D eigenvalue weighted by Crippen LogP contribution is 2.25. The zero-order valence-corrected chi connectivity index (χ0v) is 16.6. The molecule has 136 valence electrons. The highest BCUT2D eigenvalue weighted by molar-refractivity contribution is 9.10. The number of halogens is 1. The third-order valence-corrected chi connectivity index (χ3v) is 4.98. The number of aromatic nitrogens is 2. The van der Waals surface area contributed by atoms with Gasteiger partial charge in [0.25, 0.3) is 5.56 Å². The smallest absolute Gasteiger partial charge is 0.261 e. The van der Waals surface area contributed by atoms with Gasteiger partial charge in [0.05, 0.1) is 23.8 Å². The Morgan fingerprint density at radius 3 is 2.69 bits per heavy atom. The van der Waals surface area contributed by atoms with Gasteiger partial charge in [-0.25, -0.2) is 4.98 Å². The molecule has 1 N–H and O–H groups in total. The molecule has 0 aliphatic carbocycles. The van der Waals surface area contributed by atoms with Gasteiger partial charge in [-0.05, 0) is 55.7 Å². The topological polar surface area (TPSA) is 64.3 Å². The van der Waals surface area contributed by atoms with Crippen molar-refractivity contribution in [1.82, 2.24) is 9.55 Å². The van der Waals surface area contributed by atoms with Crippen molar-refractivity contribution in [2.75, 3.05) is 6.61 Å². The van der Waals surface area contributed by atoms with Crippen LogP contribution in [0.15, 0.2) is 45.9 Å². The van der Waals surface area contributed by atoms with Gasteiger partial charge in [0.15, 0.2) is 0 Å². The number of benzene rings is 2. The summed E-state index contributed by atoms with van der Waals surface area (Å²) in [6, 6.07) is 9.41. The quantitative estimate of drug-likeness (QED) is 0.690. The van der Waals surface area contributed by atoms with E-state index in [9.17, 15) is 9.90 Å². The summed E-state index contributed by atoms with van der Waals surface area (Å²) in [6.07, 6.45) is 0.642. The summed E-state index contributed by atoms with van der Waals surface area (Å²) in [6.45, 7) is 6.23. The number of aliphatic hydroxyl groups is 1. The van der Waals surface area contributed by atoms with Crippen LogP contribution in [0.5, 0.6) is 5.75 Å². The first-order valence-corrected chi connectivity index (χ1v) is 9.18. The first kappa shape index (κ1) is 18.6. The van der Waals surface area contributed by atoms with Gasteiger partial charge in [0.2, 0.25) is 0 Å². The average molecular weight is 417 g/mol. The standard InChI is InChI=1S/C20H21BrN2O3/c1-12-4-5-13(2)19(14(12)3)26-10-16(24)9-23-11-22-18-7-6-15(21)8-17(18)20(23)25/h4-8,11,16,24H,9-10H2,1-3H3/t16-/m0/s1. The van der Waals surface area contributed by atoms with Gasteiger partial charge in [-0.1, -0.05) is 28.1 Å². The van der Waals surface area contributed by atoms with Crippen LogP contribution in [-0.2, 0) is 6.54 Å². The molecule has 0 bridgehead atoms. The molecule has 26 heavy (non-hydrogen) atoms. The minimum atomic E-state index is -0.821. The van der Waals surface area contributed by atoms with Crippen LogP contribution in [0.1, 0.15) is 16.7 Å². The van der Waals surface area contributed by atoms with Gasteiger partial charge in [-0.2, -0.15) is 0 Å². The minimum Gasteiger partial charge on any atom is -0.490 e. The van der Waals surface area contributed by atoms with Crippen LogP contribution in [-0.4, -0.2) is 27.4 Å². The van der Waals surface area contributed by atoms with Crippen molar-refractivity contribution in [1.29, 1.82) is 0 Å². The Hall–Kier alpha value is -2.18. The molecular formula is C20H21BrN2O3. The fourth-order valence-corrected chi connectivity index (χ4v) is 3.23. The Labute approximate surface area is 160 Å². The second kappa shape index (κ2) is 7.60. The Balaban J connectivity index is 1.76. The summed E-state index contributed by atoms with van der Waals surface area (Å²) < 4.78 is 8.07. The number of aryl methyl sites for hydroxylation is 2. The lowest BCUT2D eigenvalue weighted by Gasteiger charge is -2.17. The van der Waals surface area contributed by atoms with E-state index < -0.39 is 6.10 Å². The third kappa shape index (κ3) is 3.81. The van der Waals surface area contributed by atoms with E-state index in [1.54, 1.807) is 12.1 Å². The number of nitrogens with zero attached hydrogens (tertiary/aromatic N) is 2. The highest BCUT2D eigenvalue weighted by atomic mass is 79.9. The van der Waals surface area contributed by atoms with Gasteiger partial charge < -0.3 is 9.84 Å². The molecule has 0 radical (unpaired) electrons. The zero-order chi connectivity index (χ0) is 18.8. The molecule has 1 heterocycles. The number of hydrogen-bond acceptors (Lipinski definition) is 4. The van der Waals surface area contributed by atoms with Crippen LogP contribution in [0.4, 0.5) is 0 Å². The van der Waals surface area contributed by atoms with Gasteiger partial charge in [0.1, 0.15) is 18.5 Å². The van der Waals surface area contributed by atoms with Gasteiger partial charge in [-0.3, -0.25) is 9.36 Å². The molecule has 3 aromatic rings. The van der Waals surface area contributed by atoms with Crippen molar-refractivity contribution in [3.8, 4) is 5.75 Å². The molecule has 0 unspecified atom stereocenters. The van der Waals surface area contributed by atoms with E-state index in [0.29, 0.717) is 10.9 Å². The van der Waals surface area contributed by atoms with E-state index in [4.69, 9.17) is 4.74 Å². The zero-order valence-electron chi connectivity index (χ0n) is 15.0. The van der Waals surface area contributed by atoms with Crippen LogP contribution >= 0.6 is 15.9 Å². The molecule has 0 aliphatic rings. The molecule has 2 aromatic carbocycles. The first-order chi connectivity index (χ1) is 12.4. The van der Waals surface area contributed by atoms with E-state index in [2.05, 4.69) is 20.9 Å². The molecule has 0 spiro atoms. The second-order valence-corrected chi connectivity index (χ2v) is 7.40. The lowest BCUT2D eigenvalue weighted by atomic mass is 10.1. The molecular weight excluding hydrogens is 396 g/mol. The molecule has 6 heteroatoms. The minimum absolute atomic E-state index is 0.105. The maximum atomic E-state index is 12.6. The summed E-state index contributed by atoms with van der Waals surface area (Å²) >= 11 is 3.37. The predicted molar refractivity (Wildman–Crippen MR) is 106 cm³/mol. The molecule has 1 atom stereocenters. The molecule has 1 aromatic heterocycles. The second-order valence-electron chi connectivity index (χ2n) is 6.48. The fourth-order valence-electron chi connectivity index (χ4n) is 2.87. The van der Waals surface area contributed by atoms with Gasteiger partial charge in [-0.15, -0.1) is 0 Å². The van der Waals surface area contributed by atoms with Crippen molar-refractivity contribution < 1.29 is 9.84 Å². The van der Waals surface area contributed by atoms with E-state index in [1.165, 1.54) is 10.9 Å². The number of fused-ring (bicyclic) bond motifs is 1. The van der Waals surface area contributed by atoms with E-state index >= 15 is 0 Å². The predicted octanol–water partition coefficient (Wildman–Crippen LogP) is 3.52. The largest absolute Gasteiger partial charge is 0.490 e. The summed E-state index contributed by atoms with van der Waals surface area (Å²) in [5, 5.41) is 10.9. The Kier molecular flexibility index (Phi) is 5.44. The molecule has 0 fully saturated rings.